The predicted octanol–water partition coefficient (Wildman–Crippen LogP) is 3.88. The van der Waals surface area contributed by atoms with E-state index in [1.165, 1.54) is 24.8 Å². The summed E-state index contributed by atoms with van der Waals surface area (Å²) in [6.07, 6.45) is 5.89. The lowest BCUT2D eigenvalue weighted by molar-refractivity contribution is 0.0246. The SMILES string of the molecule is [N-]=[N+]=NC1CC2CCCC(C1)N2Cc1ccccc1. The van der Waals surface area contributed by atoms with Crippen LogP contribution in [0.25, 0.3) is 10.4 Å². The van der Waals surface area contributed by atoms with Gasteiger partial charge in [0.15, 0.2) is 0 Å². The Morgan fingerprint density at radius 2 is 1.84 bits per heavy atom. The lowest BCUT2D eigenvalue weighted by Crippen LogP contribution is -2.52. The van der Waals surface area contributed by atoms with E-state index in [2.05, 4.69) is 45.3 Å². The van der Waals surface area contributed by atoms with Gasteiger partial charge in [0.1, 0.15) is 0 Å². The zero-order chi connectivity index (χ0) is 13.1. The van der Waals surface area contributed by atoms with Gasteiger partial charge in [-0.1, -0.05) is 41.9 Å². The third-order valence-electron chi connectivity index (χ3n) is 4.52. The maximum absolute atomic E-state index is 8.63. The van der Waals surface area contributed by atoms with Crippen molar-refractivity contribution in [2.45, 2.75) is 56.8 Å². The molecular weight excluding hydrogens is 236 g/mol. The summed E-state index contributed by atoms with van der Waals surface area (Å²) < 4.78 is 0. The van der Waals surface area contributed by atoms with E-state index in [0.29, 0.717) is 12.1 Å². The van der Waals surface area contributed by atoms with E-state index in [9.17, 15) is 0 Å². The highest BCUT2D eigenvalue weighted by atomic mass is 15.2. The Kier molecular flexibility index (Phi) is 3.72. The summed E-state index contributed by atoms with van der Waals surface area (Å²) in [5.74, 6) is 0. The number of rotatable bonds is 3. The summed E-state index contributed by atoms with van der Waals surface area (Å²) in [4.78, 5) is 5.64. The predicted molar refractivity (Wildman–Crippen MR) is 75.6 cm³/mol. The third-order valence-corrected chi connectivity index (χ3v) is 4.52. The molecule has 0 N–H and O–H groups in total. The Bertz CT molecular complexity index is 452. The molecule has 2 saturated heterocycles. The molecule has 3 rings (SSSR count). The molecule has 0 aliphatic carbocycles. The minimum absolute atomic E-state index is 0.215. The molecule has 2 heterocycles. The number of azide groups is 1. The molecule has 19 heavy (non-hydrogen) atoms. The van der Waals surface area contributed by atoms with E-state index in [1.807, 2.05) is 0 Å². The molecule has 2 atom stereocenters. The van der Waals surface area contributed by atoms with Gasteiger partial charge in [-0.15, -0.1) is 0 Å². The Morgan fingerprint density at radius 1 is 1.16 bits per heavy atom. The van der Waals surface area contributed by atoms with Gasteiger partial charge in [-0.3, -0.25) is 4.90 Å². The zero-order valence-corrected chi connectivity index (χ0v) is 11.2. The molecule has 2 fully saturated rings. The van der Waals surface area contributed by atoms with Crippen molar-refractivity contribution >= 4 is 0 Å². The third kappa shape index (κ3) is 2.75. The fourth-order valence-electron chi connectivity index (χ4n) is 3.67. The molecule has 0 amide bonds. The topological polar surface area (TPSA) is 52.0 Å². The molecule has 0 radical (unpaired) electrons. The molecule has 100 valence electrons. The van der Waals surface area contributed by atoms with Crippen LogP contribution in [0.3, 0.4) is 0 Å². The number of hydrogen-bond acceptors (Lipinski definition) is 2. The molecule has 4 nitrogen and oxygen atoms in total. The van der Waals surface area contributed by atoms with Crippen molar-refractivity contribution < 1.29 is 0 Å². The second-order valence-corrected chi connectivity index (χ2v) is 5.73. The molecule has 2 aliphatic rings. The van der Waals surface area contributed by atoms with Gasteiger partial charge in [-0.05, 0) is 36.8 Å². The summed E-state index contributed by atoms with van der Waals surface area (Å²) in [7, 11) is 0. The number of hydrogen-bond donors (Lipinski definition) is 0. The molecule has 0 saturated carbocycles. The monoisotopic (exact) mass is 256 g/mol. The molecular formula is C15H20N4. The van der Waals surface area contributed by atoms with Gasteiger partial charge in [0, 0.05) is 29.6 Å². The van der Waals surface area contributed by atoms with Crippen molar-refractivity contribution in [2.24, 2.45) is 5.11 Å². The van der Waals surface area contributed by atoms with Crippen LogP contribution >= 0.6 is 0 Å². The van der Waals surface area contributed by atoms with Crippen LogP contribution in [0, 0.1) is 0 Å². The zero-order valence-electron chi connectivity index (χ0n) is 11.2. The minimum Gasteiger partial charge on any atom is -0.293 e. The second-order valence-electron chi connectivity index (χ2n) is 5.73. The van der Waals surface area contributed by atoms with Gasteiger partial charge >= 0.3 is 0 Å². The van der Waals surface area contributed by atoms with Gasteiger partial charge in [-0.2, -0.15) is 0 Å². The molecule has 1 aromatic rings. The summed E-state index contributed by atoms with van der Waals surface area (Å²) in [6.45, 7) is 1.04. The average Bonchev–Trinajstić information content (AvgIpc) is 2.41. The number of nitrogens with zero attached hydrogens (tertiary/aromatic N) is 4. The van der Waals surface area contributed by atoms with E-state index in [0.717, 1.165) is 19.4 Å². The highest BCUT2D eigenvalue weighted by Crippen LogP contribution is 2.36. The molecule has 0 aromatic heterocycles. The average molecular weight is 256 g/mol. The first kappa shape index (κ1) is 12.5. The fraction of sp³-hybridized carbons (Fsp3) is 0.600. The largest absolute Gasteiger partial charge is 0.293 e. The van der Waals surface area contributed by atoms with E-state index < -0.39 is 0 Å². The van der Waals surface area contributed by atoms with Crippen LogP contribution in [0.2, 0.25) is 0 Å². The van der Waals surface area contributed by atoms with E-state index in [1.54, 1.807) is 0 Å². The van der Waals surface area contributed by atoms with Crippen LogP contribution in [-0.2, 0) is 6.54 Å². The van der Waals surface area contributed by atoms with Crippen LogP contribution < -0.4 is 0 Å². The summed E-state index contributed by atoms with van der Waals surface area (Å²) in [5, 5.41) is 3.96. The molecule has 2 aliphatic heterocycles. The maximum Gasteiger partial charge on any atom is 0.0403 e. The van der Waals surface area contributed by atoms with Gasteiger partial charge < -0.3 is 0 Å². The van der Waals surface area contributed by atoms with Crippen LogP contribution in [0.15, 0.2) is 35.4 Å². The van der Waals surface area contributed by atoms with Crippen LogP contribution in [0.4, 0.5) is 0 Å². The maximum atomic E-state index is 8.63. The summed E-state index contributed by atoms with van der Waals surface area (Å²) in [5.41, 5.74) is 10.0. The number of fused-ring (bicyclic) bond motifs is 2. The molecule has 2 bridgehead atoms. The van der Waals surface area contributed by atoms with Crippen molar-refractivity contribution in [2.75, 3.05) is 0 Å². The molecule has 0 spiro atoms. The van der Waals surface area contributed by atoms with Crippen LogP contribution in [0.1, 0.15) is 37.7 Å². The van der Waals surface area contributed by atoms with Crippen molar-refractivity contribution in [3.05, 3.63) is 46.3 Å². The van der Waals surface area contributed by atoms with Gasteiger partial charge in [0.05, 0.1) is 0 Å². The summed E-state index contributed by atoms with van der Waals surface area (Å²) >= 11 is 0. The van der Waals surface area contributed by atoms with Gasteiger partial charge in [-0.25, -0.2) is 0 Å². The lowest BCUT2D eigenvalue weighted by Gasteiger charge is -2.48. The standard InChI is InChI=1S/C15H20N4/c16-18-17-13-9-14-7-4-8-15(10-13)19(14)11-12-5-2-1-3-6-12/h1-3,5-6,13-15H,4,7-11H2. The smallest absolute Gasteiger partial charge is 0.0403 e. The molecule has 4 heteroatoms. The summed E-state index contributed by atoms with van der Waals surface area (Å²) in [6, 6.07) is 12.1. The van der Waals surface area contributed by atoms with E-state index in [-0.39, 0.29) is 6.04 Å². The lowest BCUT2D eigenvalue weighted by atomic mass is 9.82. The Morgan fingerprint density at radius 3 is 2.47 bits per heavy atom. The minimum atomic E-state index is 0.215. The fourth-order valence-corrected chi connectivity index (χ4v) is 3.67. The first-order valence-corrected chi connectivity index (χ1v) is 7.20. The Hall–Kier alpha value is -1.51. The van der Waals surface area contributed by atoms with Crippen molar-refractivity contribution in [1.29, 1.82) is 0 Å². The van der Waals surface area contributed by atoms with Crippen molar-refractivity contribution in [3.63, 3.8) is 0 Å². The van der Waals surface area contributed by atoms with Crippen molar-refractivity contribution in [1.82, 2.24) is 4.90 Å². The first-order chi connectivity index (χ1) is 9.36. The second kappa shape index (κ2) is 5.64. The van der Waals surface area contributed by atoms with Crippen LogP contribution in [0.5, 0.6) is 0 Å². The normalized spacial score (nSPS) is 30.6. The quantitative estimate of drug-likeness (QED) is 0.460. The first-order valence-electron chi connectivity index (χ1n) is 7.20. The van der Waals surface area contributed by atoms with Crippen LogP contribution in [-0.4, -0.2) is 23.0 Å². The van der Waals surface area contributed by atoms with E-state index in [4.69, 9.17) is 5.53 Å². The Labute approximate surface area is 114 Å². The van der Waals surface area contributed by atoms with E-state index >= 15 is 0 Å². The molecule has 1 aromatic carbocycles. The number of piperidine rings is 2. The van der Waals surface area contributed by atoms with Gasteiger partial charge in [0.2, 0.25) is 0 Å². The molecule has 2 unspecified atom stereocenters. The Balaban J connectivity index is 1.74. The highest BCUT2D eigenvalue weighted by molar-refractivity contribution is 5.15. The van der Waals surface area contributed by atoms with Gasteiger partial charge in [0.25, 0.3) is 0 Å². The highest BCUT2D eigenvalue weighted by Gasteiger charge is 2.37. The number of benzene rings is 1. The van der Waals surface area contributed by atoms with Crippen molar-refractivity contribution in [3.8, 4) is 0 Å².